The Morgan fingerprint density at radius 3 is 2.29 bits per heavy atom. The van der Waals surface area contributed by atoms with Crippen molar-refractivity contribution in [2.45, 2.75) is 104 Å². The van der Waals surface area contributed by atoms with E-state index in [0.29, 0.717) is 83.7 Å². The minimum atomic E-state index is -4.67. The molecule has 7 rings (SSSR count). The second-order valence-electron chi connectivity index (χ2n) is 20.4. The molecule has 2 aromatic heterocycles. The van der Waals surface area contributed by atoms with Gasteiger partial charge >= 0.3 is 24.3 Å². The summed E-state index contributed by atoms with van der Waals surface area (Å²) >= 11 is 0. The lowest BCUT2D eigenvalue weighted by atomic mass is 9.81. The van der Waals surface area contributed by atoms with E-state index in [1.54, 1.807) is 81.3 Å². The van der Waals surface area contributed by atoms with E-state index >= 15 is 0 Å². The van der Waals surface area contributed by atoms with Crippen LogP contribution in [0.2, 0.25) is 0 Å². The third kappa shape index (κ3) is 12.6. The molecule has 5 aromatic rings. The number of piperazine rings is 1. The molecule has 2 aliphatic heterocycles. The molecule has 0 unspecified atom stereocenters. The second kappa shape index (κ2) is 22.2. The van der Waals surface area contributed by atoms with Crippen molar-refractivity contribution in [1.29, 1.82) is 0 Å². The number of carboxylic acids is 1. The van der Waals surface area contributed by atoms with Gasteiger partial charge in [-0.05, 0) is 104 Å². The number of aliphatic hydroxyl groups is 1. The number of hydrogen-bond donors (Lipinski definition) is 4. The van der Waals surface area contributed by atoms with Gasteiger partial charge in [0, 0.05) is 75.9 Å². The van der Waals surface area contributed by atoms with Crippen molar-refractivity contribution in [1.82, 2.24) is 30.2 Å². The van der Waals surface area contributed by atoms with Gasteiger partial charge in [-0.2, -0.15) is 13.2 Å². The van der Waals surface area contributed by atoms with Gasteiger partial charge in [-0.15, -0.1) is 0 Å². The number of aliphatic carboxylic acids is 1. The Labute approximate surface area is 423 Å². The number of carbonyl (C=O) groups excluding carboxylic acids is 3. The Kier molecular flexibility index (Phi) is 16.4. The van der Waals surface area contributed by atoms with Crippen LogP contribution in [0.15, 0.2) is 85.1 Å². The van der Waals surface area contributed by atoms with Gasteiger partial charge in [-0.3, -0.25) is 14.8 Å². The average Bonchev–Trinajstić information content (AvgIpc) is 3.64. The van der Waals surface area contributed by atoms with E-state index in [1.165, 1.54) is 11.7 Å². The monoisotopic (exact) mass is 1010 g/mol. The Morgan fingerprint density at radius 1 is 0.918 bits per heavy atom. The van der Waals surface area contributed by atoms with Crippen LogP contribution in [0.5, 0.6) is 0 Å². The first-order valence-electron chi connectivity index (χ1n) is 24.5. The fraction of sp³-hybridized carbons (Fsp3) is 0.463. The number of carbonyl (C=O) groups is 4. The number of fused-ring (bicyclic) bond motifs is 1. The lowest BCUT2D eigenvalue weighted by Crippen LogP contribution is -2.63. The number of ether oxygens (including phenoxy) is 3. The van der Waals surface area contributed by atoms with Gasteiger partial charge < -0.3 is 44.1 Å². The van der Waals surface area contributed by atoms with E-state index in [-0.39, 0.29) is 50.2 Å². The Morgan fingerprint density at radius 2 is 1.63 bits per heavy atom. The number of methoxy groups -OCH3 is 1. The topological polar surface area (TPSA) is 188 Å². The minimum Gasteiger partial charge on any atom is -0.479 e. The smallest absolute Gasteiger partial charge is 0.410 e. The molecular weight excluding hydrogens is 948 g/mol. The molecular formula is C54H66F3N7O9. The van der Waals surface area contributed by atoms with E-state index in [1.807, 2.05) is 55.1 Å². The molecule has 16 nitrogen and oxygen atoms in total. The molecule has 0 bridgehead atoms. The number of hydrogen-bond acceptors (Lipinski definition) is 11. The zero-order valence-electron chi connectivity index (χ0n) is 42.5. The normalized spacial score (nSPS) is 17.1. The summed E-state index contributed by atoms with van der Waals surface area (Å²) < 4.78 is 62.9. The highest BCUT2D eigenvalue weighted by Crippen LogP contribution is 2.45. The van der Waals surface area contributed by atoms with E-state index in [4.69, 9.17) is 19.2 Å². The molecule has 3 amide bonds. The maximum absolute atomic E-state index is 15.0. The van der Waals surface area contributed by atoms with Gasteiger partial charge in [-0.25, -0.2) is 19.8 Å². The van der Waals surface area contributed by atoms with Gasteiger partial charge in [0.05, 0.1) is 29.4 Å². The summed E-state index contributed by atoms with van der Waals surface area (Å²) in [5.41, 5.74) is 4.31. The first-order valence-corrected chi connectivity index (χ1v) is 24.5. The third-order valence-corrected chi connectivity index (χ3v) is 13.2. The average molecular weight is 1010 g/mol. The zero-order chi connectivity index (χ0) is 52.9. The highest BCUT2D eigenvalue weighted by atomic mass is 19.4. The van der Waals surface area contributed by atoms with Crippen LogP contribution in [0.25, 0.3) is 33.3 Å². The number of nitrogens with one attached hydrogen (secondary N) is 2. The van der Waals surface area contributed by atoms with Crippen molar-refractivity contribution in [3.8, 4) is 22.4 Å². The Balaban J connectivity index is 1.29. The van der Waals surface area contributed by atoms with Gasteiger partial charge in [-0.1, -0.05) is 68.4 Å². The first kappa shape index (κ1) is 54.1. The molecule has 0 saturated carbocycles. The fourth-order valence-corrected chi connectivity index (χ4v) is 9.52. The van der Waals surface area contributed by atoms with Gasteiger partial charge in [0.1, 0.15) is 18.8 Å². The molecule has 19 heteroatoms. The molecule has 0 spiro atoms. The lowest BCUT2D eigenvalue weighted by Gasteiger charge is -2.44. The largest absolute Gasteiger partial charge is 0.479 e. The van der Waals surface area contributed by atoms with E-state index in [0.717, 1.165) is 10.6 Å². The summed E-state index contributed by atoms with van der Waals surface area (Å²) in [4.78, 5) is 61.3. The van der Waals surface area contributed by atoms with E-state index in [9.17, 15) is 42.6 Å². The van der Waals surface area contributed by atoms with Crippen LogP contribution in [0.4, 0.5) is 28.4 Å². The summed E-state index contributed by atoms with van der Waals surface area (Å²) in [6, 6.07) is 23.1. The van der Waals surface area contributed by atoms with Crippen LogP contribution in [0.3, 0.4) is 0 Å². The molecule has 2 fully saturated rings. The Hall–Kier alpha value is -6.70. The van der Waals surface area contributed by atoms with Crippen LogP contribution < -0.4 is 15.6 Å². The number of hydrazine groups is 1. The fourth-order valence-electron chi connectivity index (χ4n) is 9.52. The molecule has 2 atom stereocenters. The van der Waals surface area contributed by atoms with Crippen molar-refractivity contribution in [2.24, 2.45) is 5.41 Å². The number of aliphatic hydroxyl groups excluding tert-OH is 1. The number of aromatic nitrogens is 2. The molecule has 0 radical (unpaired) electrons. The quantitative estimate of drug-likeness (QED) is 0.0736. The summed E-state index contributed by atoms with van der Waals surface area (Å²) in [5, 5.41) is 25.9. The molecule has 0 aliphatic carbocycles. The second-order valence-corrected chi connectivity index (χ2v) is 20.4. The number of alkyl carbamates (subject to hydrolysis) is 1. The van der Waals surface area contributed by atoms with Crippen LogP contribution in [-0.4, -0.2) is 118 Å². The zero-order valence-corrected chi connectivity index (χ0v) is 42.5. The van der Waals surface area contributed by atoms with Crippen LogP contribution in [-0.2, 0) is 48.9 Å². The lowest BCUT2D eigenvalue weighted by molar-refractivity contribution is -0.169. The van der Waals surface area contributed by atoms with Crippen molar-refractivity contribution in [3.63, 3.8) is 0 Å². The molecule has 392 valence electrons. The number of amides is 3. The number of anilines is 1. The van der Waals surface area contributed by atoms with Crippen molar-refractivity contribution < 1.29 is 56.8 Å². The third-order valence-electron chi connectivity index (χ3n) is 13.2. The van der Waals surface area contributed by atoms with Crippen molar-refractivity contribution >= 4 is 40.7 Å². The highest BCUT2D eigenvalue weighted by molar-refractivity contribution is 5.96. The number of alkyl halides is 3. The minimum absolute atomic E-state index is 0.0689. The van der Waals surface area contributed by atoms with E-state index in [2.05, 4.69) is 10.7 Å². The maximum atomic E-state index is 15.0. The molecule has 3 aromatic carbocycles. The maximum Gasteiger partial charge on any atom is 0.410 e. The predicted molar refractivity (Wildman–Crippen MR) is 269 cm³/mol. The predicted octanol–water partition coefficient (Wildman–Crippen LogP) is 8.98. The first-order chi connectivity index (χ1) is 34.5. The number of halogens is 3. The summed E-state index contributed by atoms with van der Waals surface area (Å²) in [7, 11) is 1.50. The summed E-state index contributed by atoms with van der Waals surface area (Å²) in [6.07, 6.45) is -4.42. The molecule has 73 heavy (non-hydrogen) atoms. The number of nitrogens with zero attached hydrogens (tertiary/aromatic N) is 5. The number of benzene rings is 3. The number of carboxylic acid groups (broad SMARTS) is 1. The van der Waals surface area contributed by atoms with Crippen LogP contribution in [0, 0.1) is 5.41 Å². The standard InChI is InChI=1S/C54H66F3N7O9/c1-35(71-7)46-42(29-40(31-59-46)61-23-25-62(26-24-61)50(70)72-32-36-13-9-8-10-14-36)47-43(30-52(5,6)34-65)41-28-38(17-18-44(41)63(47)33-54(55,56)57)37-15-11-16-39(27-37)53(48(67)68)20-12-21-60-64(53)45(66)19-22-58-49(69)73-51(2,3)4/h8-11,13-18,27-29,31,35,60,65H,12,19-26,30,32-34H2,1-7H3,(H,58,69)(H,67,68)/t35-,53-/m0/s1. The van der Waals surface area contributed by atoms with Crippen LogP contribution >= 0.6 is 0 Å². The Bertz CT molecular complexity index is 2790. The van der Waals surface area contributed by atoms with Crippen molar-refractivity contribution in [2.75, 3.05) is 57.9 Å². The van der Waals surface area contributed by atoms with Gasteiger partial charge in [0.15, 0.2) is 5.54 Å². The molecule has 2 saturated heterocycles. The molecule has 4 N–H and O–H groups in total. The van der Waals surface area contributed by atoms with E-state index < -0.39 is 59.4 Å². The van der Waals surface area contributed by atoms with Gasteiger partial charge in [0.25, 0.3) is 0 Å². The number of rotatable bonds is 16. The van der Waals surface area contributed by atoms with Crippen LogP contribution in [0.1, 0.15) is 89.3 Å². The van der Waals surface area contributed by atoms with Gasteiger partial charge in [0.2, 0.25) is 5.91 Å². The molecule has 4 heterocycles. The summed E-state index contributed by atoms with van der Waals surface area (Å²) in [5.74, 6) is -1.84. The number of pyridine rings is 1. The SMILES string of the molecule is CO[C@@H](C)c1ncc(N2CCN(C(=O)OCc3ccccc3)CC2)cc1-c1c(CC(C)(C)CO)c2cc(-c3cccc([C@]4(C(=O)O)CCCNN4C(=O)CCNC(=O)OC(C)(C)C)c3)ccc2n1CC(F)(F)F. The highest BCUT2D eigenvalue weighted by Gasteiger charge is 2.50. The molecule has 2 aliphatic rings. The summed E-state index contributed by atoms with van der Waals surface area (Å²) in [6.45, 7) is 10.7. The van der Waals surface area contributed by atoms with Crippen molar-refractivity contribution in [3.05, 3.63) is 107 Å².